The Hall–Kier alpha value is -3.22. The highest BCUT2D eigenvalue weighted by molar-refractivity contribution is 5.91. The second-order valence-corrected chi connectivity index (χ2v) is 8.47. The zero-order chi connectivity index (χ0) is 22.7. The van der Waals surface area contributed by atoms with Crippen molar-refractivity contribution in [2.45, 2.75) is 32.2 Å². The van der Waals surface area contributed by atoms with Crippen molar-refractivity contribution in [1.82, 2.24) is 15.4 Å². The maximum atomic E-state index is 14.7. The van der Waals surface area contributed by atoms with Gasteiger partial charge in [-0.25, -0.2) is 9.87 Å². The van der Waals surface area contributed by atoms with Gasteiger partial charge in [0.05, 0.1) is 0 Å². The summed E-state index contributed by atoms with van der Waals surface area (Å²) in [6, 6.07) is 13.3. The molecule has 5 nitrogen and oxygen atoms in total. The van der Waals surface area contributed by atoms with Crippen LogP contribution in [-0.2, 0) is 11.3 Å². The fraction of sp³-hybridized carbons (Fsp3) is 0.269. The fourth-order valence-corrected chi connectivity index (χ4v) is 4.60. The topological polar surface area (TPSA) is 68.4 Å². The van der Waals surface area contributed by atoms with E-state index in [1.54, 1.807) is 12.1 Å². The van der Waals surface area contributed by atoms with Gasteiger partial charge in [-0.15, -0.1) is 0 Å². The number of benzene rings is 2. The van der Waals surface area contributed by atoms with Crippen LogP contribution < -0.4 is 5.48 Å². The predicted octanol–water partition coefficient (Wildman–Crippen LogP) is 5.24. The van der Waals surface area contributed by atoms with Gasteiger partial charge < -0.3 is 4.98 Å². The molecule has 1 unspecified atom stereocenters. The van der Waals surface area contributed by atoms with Crippen molar-refractivity contribution >= 4 is 28.5 Å². The summed E-state index contributed by atoms with van der Waals surface area (Å²) in [7, 11) is 0. The van der Waals surface area contributed by atoms with E-state index in [0.29, 0.717) is 23.6 Å². The quantitative estimate of drug-likeness (QED) is 0.283. The van der Waals surface area contributed by atoms with Crippen LogP contribution in [0.3, 0.4) is 0 Å². The zero-order valence-corrected chi connectivity index (χ0v) is 18.2. The minimum atomic E-state index is -0.653. The van der Waals surface area contributed by atoms with Gasteiger partial charge in [-0.3, -0.25) is 14.9 Å². The molecular weight excluding hydrogens is 405 g/mol. The molecule has 3 aromatic rings. The predicted molar refractivity (Wildman–Crippen MR) is 126 cm³/mol. The number of fused-ring (bicyclic) bond motifs is 1. The Balaban J connectivity index is 1.53. The standard InChI is InChI=1S/C26H28FN3O2/c1-17(2)26-25(21-7-3-4-8-23(21)28-26)20-6-5-13-30(16-20)15-19-11-9-18(14-22(19)27)10-12-24(31)29-32/h3-4,7-12,14,20,28,32H,1,5-6,13,15-16H2,2H3,(H,29,31). The Kier molecular flexibility index (Phi) is 6.53. The number of nitrogens with zero attached hydrogens (tertiary/aromatic N) is 1. The molecule has 2 aromatic carbocycles. The monoisotopic (exact) mass is 433 g/mol. The largest absolute Gasteiger partial charge is 0.355 e. The first-order valence-corrected chi connectivity index (χ1v) is 10.9. The number of aromatic nitrogens is 1. The van der Waals surface area contributed by atoms with Crippen LogP contribution >= 0.6 is 0 Å². The lowest BCUT2D eigenvalue weighted by Gasteiger charge is -2.33. The van der Waals surface area contributed by atoms with E-state index in [1.165, 1.54) is 28.6 Å². The van der Waals surface area contributed by atoms with Gasteiger partial charge in [0.1, 0.15) is 5.82 Å². The van der Waals surface area contributed by atoms with Crippen LogP contribution in [0.4, 0.5) is 4.39 Å². The first-order chi connectivity index (χ1) is 15.5. The van der Waals surface area contributed by atoms with Crippen LogP contribution in [0.2, 0.25) is 0 Å². The lowest BCUT2D eigenvalue weighted by atomic mass is 9.87. The number of hydroxylamine groups is 1. The van der Waals surface area contributed by atoms with E-state index >= 15 is 0 Å². The molecule has 1 aliphatic rings. The molecule has 1 atom stereocenters. The molecule has 6 heteroatoms. The van der Waals surface area contributed by atoms with Crippen molar-refractivity contribution < 1.29 is 14.4 Å². The summed E-state index contributed by atoms with van der Waals surface area (Å²) in [5.41, 5.74) is 7.31. The lowest BCUT2D eigenvalue weighted by Crippen LogP contribution is -2.34. The molecule has 0 radical (unpaired) electrons. The van der Waals surface area contributed by atoms with Crippen molar-refractivity contribution in [1.29, 1.82) is 0 Å². The molecule has 0 aliphatic carbocycles. The number of likely N-dealkylation sites (tertiary alicyclic amines) is 1. The Morgan fingerprint density at radius 2 is 2.16 bits per heavy atom. The third kappa shape index (κ3) is 4.66. The van der Waals surface area contributed by atoms with Crippen LogP contribution in [-0.4, -0.2) is 34.1 Å². The number of para-hydroxylation sites is 1. The molecule has 4 rings (SSSR count). The van der Waals surface area contributed by atoms with E-state index in [2.05, 4.69) is 34.7 Å². The maximum absolute atomic E-state index is 14.7. The Morgan fingerprint density at radius 3 is 2.91 bits per heavy atom. The minimum absolute atomic E-state index is 0.298. The number of halogens is 1. The number of rotatable bonds is 6. The number of hydrogen-bond donors (Lipinski definition) is 3. The Bertz CT molecular complexity index is 1180. The van der Waals surface area contributed by atoms with E-state index in [1.807, 2.05) is 13.0 Å². The number of piperidine rings is 1. The van der Waals surface area contributed by atoms with Gasteiger partial charge in [0.25, 0.3) is 5.91 Å². The van der Waals surface area contributed by atoms with Crippen molar-refractivity contribution in [3.05, 3.63) is 83.3 Å². The Morgan fingerprint density at radius 1 is 1.34 bits per heavy atom. The minimum Gasteiger partial charge on any atom is -0.355 e. The fourth-order valence-electron chi connectivity index (χ4n) is 4.60. The van der Waals surface area contributed by atoms with E-state index in [9.17, 15) is 9.18 Å². The normalized spacial score (nSPS) is 17.2. The van der Waals surface area contributed by atoms with Gasteiger partial charge >= 0.3 is 0 Å². The molecule has 1 amide bonds. The summed E-state index contributed by atoms with van der Waals surface area (Å²) in [5, 5.41) is 9.79. The lowest BCUT2D eigenvalue weighted by molar-refractivity contribution is -0.124. The van der Waals surface area contributed by atoms with Crippen molar-refractivity contribution in [3.63, 3.8) is 0 Å². The van der Waals surface area contributed by atoms with Gasteiger partial charge in [0.2, 0.25) is 0 Å². The van der Waals surface area contributed by atoms with Crippen LogP contribution in [0.15, 0.2) is 55.1 Å². The van der Waals surface area contributed by atoms with Crippen LogP contribution in [0.25, 0.3) is 22.6 Å². The first kappa shape index (κ1) is 22.0. The number of carbonyl (C=O) groups is 1. The van der Waals surface area contributed by atoms with Crippen LogP contribution in [0.1, 0.15) is 48.1 Å². The molecular formula is C26H28FN3O2. The number of amides is 1. The molecule has 0 bridgehead atoms. The SMILES string of the molecule is C=C(C)c1[nH]c2ccccc2c1C1CCCN(Cc2ccc(C=CC(=O)NO)cc2F)C1. The number of H-pyrrole nitrogens is 1. The average Bonchev–Trinajstić information content (AvgIpc) is 3.19. The van der Waals surface area contributed by atoms with Crippen molar-refractivity contribution in [2.24, 2.45) is 0 Å². The molecule has 32 heavy (non-hydrogen) atoms. The zero-order valence-electron chi connectivity index (χ0n) is 18.2. The average molecular weight is 434 g/mol. The number of nitrogens with one attached hydrogen (secondary N) is 2. The van der Waals surface area contributed by atoms with Crippen molar-refractivity contribution in [3.8, 4) is 0 Å². The summed E-state index contributed by atoms with van der Waals surface area (Å²) in [6.45, 7) is 8.53. The van der Waals surface area contributed by atoms with Gasteiger partial charge in [-0.05, 0) is 67.1 Å². The second kappa shape index (κ2) is 9.51. The van der Waals surface area contributed by atoms with Gasteiger partial charge in [-0.1, -0.05) is 36.9 Å². The molecule has 0 saturated carbocycles. The first-order valence-electron chi connectivity index (χ1n) is 10.9. The molecule has 0 spiro atoms. The molecule has 2 heterocycles. The summed E-state index contributed by atoms with van der Waals surface area (Å²) in [6.07, 6.45) is 4.77. The molecule has 166 valence electrons. The van der Waals surface area contributed by atoms with Gasteiger partial charge in [-0.2, -0.15) is 0 Å². The molecule has 1 aliphatic heterocycles. The third-order valence-corrected chi connectivity index (χ3v) is 6.10. The molecule has 3 N–H and O–H groups in total. The smallest absolute Gasteiger partial charge is 0.267 e. The molecule has 1 saturated heterocycles. The van der Waals surface area contributed by atoms with Gasteiger partial charge in [0.15, 0.2) is 0 Å². The van der Waals surface area contributed by atoms with E-state index in [-0.39, 0.29) is 5.82 Å². The third-order valence-electron chi connectivity index (χ3n) is 6.10. The molecule has 1 aromatic heterocycles. The highest BCUT2D eigenvalue weighted by atomic mass is 19.1. The maximum Gasteiger partial charge on any atom is 0.267 e. The number of allylic oxidation sites excluding steroid dienone is 1. The second-order valence-electron chi connectivity index (χ2n) is 8.47. The van der Waals surface area contributed by atoms with E-state index in [0.717, 1.165) is 48.8 Å². The Labute approximate surface area is 187 Å². The van der Waals surface area contributed by atoms with Crippen molar-refractivity contribution in [2.75, 3.05) is 13.1 Å². The summed E-state index contributed by atoms with van der Waals surface area (Å²) in [4.78, 5) is 17.0. The molecule has 1 fully saturated rings. The van der Waals surface area contributed by atoms with Crippen LogP contribution in [0, 0.1) is 5.82 Å². The van der Waals surface area contributed by atoms with E-state index < -0.39 is 5.91 Å². The summed E-state index contributed by atoms with van der Waals surface area (Å²) in [5.74, 6) is -0.595. The van der Waals surface area contributed by atoms with Crippen LogP contribution in [0.5, 0.6) is 0 Å². The summed E-state index contributed by atoms with van der Waals surface area (Å²) < 4.78 is 14.7. The van der Waals surface area contributed by atoms with Gasteiger partial charge in [0, 0.05) is 41.3 Å². The highest BCUT2D eigenvalue weighted by Crippen LogP contribution is 2.37. The van der Waals surface area contributed by atoms with E-state index in [4.69, 9.17) is 5.21 Å². The number of aromatic amines is 1. The highest BCUT2D eigenvalue weighted by Gasteiger charge is 2.27. The number of carbonyl (C=O) groups excluding carboxylic acids is 1. The number of hydrogen-bond acceptors (Lipinski definition) is 3. The summed E-state index contributed by atoms with van der Waals surface area (Å²) >= 11 is 0.